The van der Waals surface area contributed by atoms with Crippen LogP contribution in [0.15, 0.2) is 12.3 Å². The van der Waals surface area contributed by atoms with Crippen molar-refractivity contribution in [3.63, 3.8) is 0 Å². The van der Waals surface area contributed by atoms with Crippen molar-refractivity contribution >= 4 is 5.69 Å². The van der Waals surface area contributed by atoms with Crippen molar-refractivity contribution in [2.45, 2.75) is 19.5 Å². The first-order chi connectivity index (χ1) is 8.91. The van der Waals surface area contributed by atoms with Crippen LogP contribution in [0.2, 0.25) is 0 Å². The van der Waals surface area contributed by atoms with Gasteiger partial charge in [0.15, 0.2) is 0 Å². The number of rotatable bonds is 1. The number of anilines is 1. The van der Waals surface area contributed by atoms with Crippen molar-refractivity contribution in [2.75, 3.05) is 31.1 Å². The topological polar surface area (TPSA) is 28.2 Å². The van der Waals surface area contributed by atoms with E-state index >= 15 is 0 Å². The Kier molecular flexibility index (Phi) is 2.74. The maximum absolute atomic E-state index is 12.8. The van der Waals surface area contributed by atoms with Gasteiger partial charge in [0.25, 0.3) is 0 Å². The molecule has 1 spiro atoms. The van der Waals surface area contributed by atoms with Crippen LogP contribution >= 0.6 is 0 Å². The zero-order valence-corrected chi connectivity index (χ0v) is 10.7. The fraction of sp³-hybridized carbons (Fsp3) is 0.615. The number of pyridine rings is 1. The third-order valence-electron chi connectivity index (χ3n) is 4.17. The smallest absolute Gasteiger partial charge is 0.370 e. The third-order valence-corrected chi connectivity index (χ3v) is 4.17. The standard InChI is InChI=1S/C13H16F3N3/c1-9-10(2-4-18-11(9)13(14,15)16)19-7-12(8-19)3-5-17-6-12/h2,4,17H,3,5-8H2,1H3. The van der Waals surface area contributed by atoms with Gasteiger partial charge in [0.05, 0.1) is 0 Å². The normalized spacial score (nSPS) is 21.8. The highest BCUT2D eigenvalue weighted by Gasteiger charge is 2.46. The molecule has 0 aromatic carbocycles. The van der Waals surface area contributed by atoms with E-state index in [1.54, 1.807) is 6.07 Å². The van der Waals surface area contributed by atoms with Gasteiger partial charge in [0, 0.05) is 42.5 Å². The molecule has 3 nitrogen and oxygen atoms in total. The maximum atomic E-state index is 12.8. The molecule has 0 aliphatic carbocycles. The van der Waals surface area contributed by atoms with E-state index in [9.17, 15) is 13.2 Å². The van der Waals surface area contributed by atoms with Crippen LogP contribution in [-0.4, -0.2) is 31.2 Å². The Labute approximate surface area is 109 Å². The number of hydrogen-bond acceptors (Lipinski definition) is 3. The van der Waals surface area contributed by atoms with E-state index in [0.29, 0.717) is 5.69 Å². The highest BCUT2D eigenvalue weighted by atomic mass is 19.4. The van der Waals surface area contributed by atoms with Crippen LogP contribution in [-0.2, 0) is 6.18 Å². The molecule has 0 unspecified atom stereocenters. The van der Waals surface area contributed by atoms with Gasteiger partial charge in [-0.1, -0.05) is 0 Å². The Morgan fingerprint density at radius 3 is 2.68 bits per heavy atom. The van der Waals surface area contributed by atoms with Gasteiger partial charge in [-0.3, -0.25) is 4.98 Å². The van der Waals surface area contributed by atoms with Gasteiger partial charge >= 0.3 is 6.18 Å². The zero-order valence-electron chi connectivity index (χ0n) is 10.7. The summed E-state index contributed by atoms with van der Waals surface area (Å²) in [5, 5.41) is 3.32. The summed E-state index contributed by atoms with van der Waals surface area (Å²) in [6, 6.07) is 1.68. The van der Waals surface area contributed by atoms with E-state index in [0.717, 1.165) is 32.6 Å². The number of nitrogens with one attached hydrogen (secondary N) is 1. The Bertz CT molecular complexity index is 484. The van der Waals surface area contributed by atoms with Gasteiger partial charge in [-0.05, 0) is 26.0 Å². The number of alkyl halides is 3. The number of nitrogens with zero attached hydrogens (tertiary/aromatic N) is 2. The quantitative estimate of drug-likeness (QED) is 0.849. The van der Waals surface area contributed by atoms with Gasteiger partial charge in [0.1, 0.15) is 5.69 Å². The fourth-order valence-corrected chi connectivity index (χ4v) is 3.15. The van der Waals surface area contributed by atoms with Crippen LogP contribution in [0.3, 0.4) is 0 Å². The summed E-state index contributed by atoms with van der Waals surface area (Å²) >= 11 is 0. The molecule has 19 heavy (non-hydrogen) atoms. The lowest BCUT2D eigenvalue weighted by Crippen LogP contribution is -2.57. The molecule has 3 heterocycles. The molecular formula is C13H16F3N3. The minimum Gasteiger partial charge on any atom is -0.370 e. The summed E-state index contributed by atoms with van der Waals surface area (Å²) in [6.07, 6.45) is -2.01. The Hall–Kier alpha value is -1.30. The molecule has 0 amide bonds. The zero-order chi connectivity index (χ0) is 13.7. The first-order valence-electron chi connectivity index (χ1n) is 6.40. The van der Waals surface area contributed by atoms with Crippen molar-refractivity contribution in [2.24, 2.45) is 5.41 Å². The minimum absolute atomic E-state index is 0.232. The second-order valence-corrected chi connectivity index (χ2v) is 5.58. The van der Waals surface area contributed by atoms with Crippen molar-refractivity contribution in [3.05, 3.63) is 23.5 Å². The van der Waals surface area contributed by atoms with Crippen molar-refractivity contribution < 1.29 is 13.2 Å². The summed E-state index contributed by atoms with van der Waals surface area (Å²) in [5.41, 5.74) is 0.403. The van der Waals surface area contributed by atoms with Gasteiger partial charge in [-0.2, -0.15) is 13.2 Å². The molecule has 1 aromatic heterocycles. The molecule has 1 aromatic rings. The molecule has 2 saturated heterocycles. The van der Waals surface area contributed by atoms with Crippen LogP contribution in [0.25, 0.3) is 0 Å². The predicted molar refractivity (Wildman–Crippen MR) is 66.1 cm³/mol. The van der Waals surface area contributed by atoms with E-state index in [2.05, 4.69) is 10.3 Å². The van der Waals surface area contributed by atoms with E-state index < -0.39 is 11.9 Å². The number of halogens is 3. The van der Waals surface area contributed by atoms with Crippen molar-refractivity contribution in [1.29, 1.82) is 0 Å². The van der Waals surface area contributed by atoms with Crippen molar-refractivity contribution in [1.82, 2.24) is 10.3 Å². The SMILES string of the molecule is Cc1c(N2CC3(CCNC3)C2)ccnc1C(F)(F)F. The largest absolute Gasteiger partial charge is 0.433 e. The monoisotopic (exact) mass is 271 g/mol. The molecule has 0 saturated carbocycles. The van der Waals surface area contributed by atoms with E-state index in [-0.39, 0.29) is 11.0 Å². The number of aromatic nitrogens is 1. The Morgan fingerprint density at radius 1 is 1.37 bits per heavy atom. The Morgan fingerprint density at radius 2 is 2.11 bits per heavy atom. The molecule has 0 atom stereocenters. The second kappa shape index (κ2) is 4.10. The average Bonchev–Trinajstić information content (AvgIpc) is 2.75. The van der Waals surface area contributed by atoms with Crippen LogP contribution in [0.5, 0.6) is 0 Å². The molecule has 0 bridgehead atoms. The van der Waals surface area contributed by atoms with E-state index in [4.69, 9.17) is 0 Å². The van der Waals surface area contributed by atoms with Crippen molar-refractivity contribution in [3.8, 4) is 0 Å². The summed E-state index contributed by atoms with van der Waals surface area (Å²) < 4.78 is 38.5. The number of hydrogen-bond donors (Lipinski definition) is 1. The summed E-state index contributed by atoms with van der Waals surface area (Å²) in [5.74, 6) is 0. The van der Waals surface area contributed by atoms with Crippen LogP contribution in [0.1, 0.15) is 17.7 Å². The van der Waals surface area contributed by atoms with Gasteiger partial charge in [-0.25, -0.2) is 0 Å². The fourth-order valence-electron chi connectivity index (χ4n) is 3.15. The molecule has 1 N–H and O–H groups in total. The summed E-state index contributed by atoms with van der Waals surface area (Å²) in [4.78, 5) is 5.50. The molecule has 2 aliphatic rings. The molecule has 2 aliphatic heterocycles. The minimum atomic E-state index is -4.38. The molecule has 104 valence electrons. The summed E-state index contributed by atoms with van der Waals surface area (Å²) in [6.45, 7) is 5.16. The first-order valence-corrected chi connectivity index (χ1v) is 6.40. The van der Waals surface area contributed by atoms with E-state index in [1.807, 2.05) is 4.90 Å². The second-order valence-electron chi connectivity index (χ2n) is 5.58. The van der Waals surface area contributed by atoms with Crippen LogP contribution < -0.4 is 10.2 Å². The van der Waals surface area contributed by atoms with Gasteiger partial charge in [0.2, 0.25) is 0 Å². The lowest BCUT2D eigenvalue weighted by molar-refractivity contribution is -0.141. The Balaban J connectivity index is 1.83. The third kappa shape index (κ3) is 2.08. The lowest BCUT2D eigenvalue weighted by Gasteiger charge is -2.49. The molecule has 3 rings (SSSR count). The molecule has 2 fully saturated rings. The van der Waals surface area contributed by atoms with Gasteiger partial charge < -0.3 is 10.2 Å². The molecular weight excluding hydrogens is 255 g/mol. The maximum Gasteiger partial charge on any atom is 0.433 e. The van der Waals surface area contributed by atoms with E-state index in [1.165, 1.54) is 13.1 Å². The predicted octanol–water partition coefficient (Wildman–Crippen LogP) is 2.21. The lowest BCUT2D eigenvalue weighted by atomic mass is 9.78. The molecule has 0 radical (unpaired) electrons. The van der Waals surface area contributed by atoms with Crippen LogP contribution in [0.4, 0.5) is 18.9 Å². The highest BCUT2D eigenvalue weighted by molar-refractivity contribution is 5.57. The van der Waals surface area contributed by atoms with Crippen LogP contribution in [0, 0.1) is 12.3 Å². The summed E-state index contributed by atoms with van der Waals surface area (Å²) in [7, 11) is 0. The molecule has 6 heteroatoms. The van der Waals surface area contributed by atoms with Gasteiger partial charge in [-0.15, -0.1) is 0 Å². The first kappa shape index (κ1) is 12.7. The average molecular weight is 271 g/mol. The highest BCUT2D eigenvalue weighted by Crippen LogP contribution is 2.42.